The maximum absolute atomic E-state index is 14.0. The standard InChI is InChI=1S/C29H43FN6O2S/c1-3-26(37)36-12-11-35(17-22(36)16-31)27-23-8-9-29(14-19-6-7-20(30)13-25(19)39-29)15-24(23)32-28(33-27)38-18-21-5-4-10-34(21)2/h3,6-7,13,21-24,27-28,32-33H,1,4-5,8-12,14-18,31H2,2H3/t21?,22?,23?,24?,27?,28?,29-/m1/s1. The Hall–Kier alpha value is -1.53. The molecule has 0 bridgehead atoms. The van der Waals surface area contributed by atoms with Crippen molar-refractivity contribution in [3.8, 4) is 0 Å². The van der Waals surface area contributed by atoms with Crippen LogP contribution in [0.1, 0.15) is 37.7 Å². The number of benzene rings is 1. The average molecular weight is 559 g/mol. The van der Waals surface area contributed by atoms with Gasteiger partial charge < -0.3 is 20.3 Å². The fraction of sp³-hybridized carbons (Fsp3) is 0.690. The number of hydrogen-bond donors (Lipinski definition) is 3. The Bertz CT molecular complexity index is 1080. The Morgan fingerprint density at radius 2 is 2.15 bits per heavy atom. The number of ether oxygens (including phenoxy) is 1. The van der Waals surface area contributed by atoms with Gasteiger partial charge in [-0.1, -0.05) is 12.6 Å². The molecule has 1 aromatic rings. The number of hydrogen-bond acceptors (Lipinski definition) is 8. The summed E-state index contributed by atoms with van der Waals surface area (Å²) in [6, 6.07) is 5.98. The highest BCUT2D eigenvalue weighted by molar-refractivity contribution is 8.01. The molecule has 10 heteroatoms. The number of nitrogens with zero attached hydrogens (tertiary/aromatic N) is 3. The third kappa shape index (κ3) is 5.54. The zero-order chi connectivity index (χ0) is 27.1. The number of halogens is 1. The van der Waals surface area contributed by atoms with Crippen LogP contribution in [0.3, 0.4) is 0 Å². The first-order chi connectivity index (χ1) is 18.9. The molecule has 4 N–H and O–H groups in total. The van der Waals surface area contributed by atoms with Gasteiger partial charge in [0.1, 0.15) is 5.82 Å². The van der Waals surface area contributed by atoms with E-state index in [9.17, 15) is 9.18 Å². The minimum atomic E-state index is -0.240. The van der Waals surface area contributed by atoms with Crippen molar-refractivity contribution in [1.29, 1.82) is 0 Å². The molecule has 4 fully saturated rings. The van der Waals surface area contributed by atoms with E-state index in [2.05, 4.69) is 34.1 Å². The molecule has 1 amide bonds. The first-order valence-corrected chi connectivity index (χ1v) is 15.4. The molecule has 39 heavy (non-hydrogen) atoms. The van der Waals surface area contributed by atoms with Gasteiger partial charge in [0.25, 0.3) is 0 Å². The van der Waals surface area contributed by atoms with Crippen molar-refractivity contribution in [2.75, 3.05) is 46.4 Å². The molecule has 5 aliphatic rings. The second-order valence-corrected chi connectivity index (χ2v) is 13.6. The molecule has 1 saturated carbocycles. The van der Waals surface area contributed by atoms with Gasteiger partial charge in [0.15, 0.2) is 6.35 Å². The second kappa shape index (κ2) is 11.4. The van der Waals surface area contributed by atoms with Crippen molar-refractivity contribution in [3.05, 3.63) is 42.2 Å². The minimum Gasteiger partial charge on any atom is -0.348 e. The molecule has 0 radical (unpaired) electrons. The number of nitrogens with two attached hydrogens (primary N) is 1. The van der Waals surface area contributed by atoms with Gasteiger partial charge in [-0.3, -0.25) is 20.3 Å². The van der Waals surface area contributed by atoms with Crippen molar-refractivity contribution in [2.45, 2.75) is 78.8 Å². The number of likely N-dealkylation sites (N-methyl/N-ethyl adjacent to an activating group) is 1. The fourth-order valence-electron chi connectivity index (χ4n) is 7.62. The van der Waals surface area contributed by atoms with E-state index in [4.69, 9.17) is 10.5 Å². The van der Waals surface area contributed by atoms with Crippen LogP contribution in [0.4, 0.5) is 4.39 Å². The molecular weight excluding hydrogens is 515 g/mol. The van der Waals surface area contributed by atoms with E-state index in [0.717, 1.165) is 50.2 Å². The molecule has 1 aromatic carbocycles. The van der Waals surface area contributed by atoms with Gasteiger partial charge >= 0.3 is 0 Å². The van der Waals surface area contributed by atoms with E-state index >= 15 is 0 Å². The van der Waals surface area contributed by atoms with Gasteiger partial charge in [-0.15, -0.1) is 11.8 Å². The largest absolute Gasteiger partial charge is 0.348 e. The van der Waals surface area contributed by atoms with Gasteiger partial charge in [-0.05, 0) is 75.9 Å². The van der Waals surface area contributed by atoms with Crippen molar-refractivity contribution in [1.82, 2.24) is 25.3 Å². The van der Waals surface area contributed by atoms with Gasteiger partial charge in [-0.2, -0.15) is 0 Å². The summed E-state index contributed by atoms with van der Waals surface area (Å²) in [6.45, 7) is 8.11. The number of nitrogens with one attached hydrogen (secondary N) is 2. The molecular formula is C29H43FN6O2S. The first-order valence-electron chi connectivity index (χ1n) is 14.6. The van der Waals surface area contributed by atoms with Crippen LogP contribution >= 0.6 is 11.8 Å². The third-order valence-electron chi connectivity index (χ3n) is 9.77. The van der Waals surface area contributed by atoms with E-state index in [1.807, 2.05) is 22.7 Å². The van der Waals surface area contributed by atoms with Crippen LogP contribution < -0.4 is 16.4 Å². The predicted molar refractivity (Wildman–Crippen MR) is 152 cm³/mol. The number of likely N-dealkylation sites (tertiary alicyclic amines) is 1. The molecule has 0 aromatic heterocycles. The molecule has 4 heterocycles. The number of fused-ring (bicyclic) bond motifs is 2. The van der Waals surface area contributed by atoms with Gasteiger partial charge in [0, 0.05) is 53.8 Å². The van der Waals surface area contributed by atoms with Crippen molar-refractivity contribution in [3.63, 3.8) is 0 Å². The highest BCUT2D eigenvalue weighted by atomic mass is 32.2. The molecule has 3 saturated heterocycles. The zero-order valence-corrected chi connectivity index (χ0v) is 23.8. The average Bonchev–Trinajstić information content (AvgIpc) is 3.51. The fourth-order valence-corrected chi connectivity index (χ4v) is 9.24. The predicted octanol–water partition coefficient (Wildman–Crippen LogP) is 1.95. The summed E-state index contributed by atoms with van der Waals surface area (Å²) in [7, 11) is 2.18. The van der Waals surface area contributed by atoms with Gasteiger partial charge in [0.2, 0.25) is 5.91 Å². The summed E-state index contributed by atoms with van der Waals surface area (Å²) in [4.78, 5) is 20.3. The van der Waals surface area contributed by atoms with Crippen LogP contribution in [0.15, 0.2) is 35.7 Å². The second-order valence-electron chi connectivity index (χ2n) is 12.1. The van der Waals surface area contributed by atoms with Crippen molar-refractivity contribution in [2.24, 2.45) is 11.7 Å². The molecule has 6 rings (SSSR count). The number of thioether (sulfide) groups is 1. The molecule has 4 aliphatic heterocycles. The quantitative estimate of drug-likeness (QED) is 0.457. The molecule has 1 spiro atoms. The van der Waals surface area contributed by atoms with Crippen LogP contribution in [-0.2, 0) is 16.0 Å². The molecule has 1 aliphatic carbocycles. The highest BCUT2D eigenvalue weighted by Gasteiger charge is 2.51. The smallest absolute Gasteiger partial charge is 0.246 e. The summed E-state index contributed by atoms with van der Waals surface area (Å²) in [5, 5.41) is 7.67. The minimum absolute atomic E-state index is 0.0318. The first kappa shape index (κ1) is 27.6. The SMILES string of the molecule is C=CC(=O)N1CCN(C2NC(OCC3CCCN3C)NC3C[C@@]4(CCC32)Cc2ccc(F)cc2S4)CC1CN. The molecule has 214 valence electrons. The summed E-state index contributed by atoms with van der Waals surface area (Å²) < 4.78 is 20.6. The van der Waals surface area contributed by atoms with E-state index < -0.39 is 0 Å². The maximum atomic E-state index is 14.0. The molecule has 7 atom stereocenters. The van der Waals surface area contributed by atoms with Crippen LogP contribution in [0, 0.1) is 11.7 Å². The lowest BCUT2D eigenvalue weighted by atomic mass is 9.73. The summed E-state index contributed by atoms with van der Waals surface area (Å²) in [5.74, 6) is 0.212. The number of piperazine rings is 1. The lowest BCUT2D eigenvalue weighted by Crippen LogP contribution is -2.73. The van der Waals surface area contributed by atoms with Crippen LogP contribution in [-0.4, -0.2) is 102 Å². The number of carbonyl (C=O) groups excluding carboxylic acids is 1. The highest BCUT2D eigenvalue weighted by Crippen LogP contribution is 2.54. The van der Waals surface area contributed by atoms with E-state index in [0.29, 0.717) is 31.7 Å². The van der Waals surface area contributed by atoms with Gasteiger partial charge in [0.05, 0.1) is 18.8 Å². The van der Waals surface area contributed by atoms with Crippen LogP contribution in [0.2, 0.25) is 0 Å². The summed E-state index contributed by atoms with van der Waals surface area (Å²) in [5.41, 5.74) is 7.43. The Kier molecular flexibility index (Phi) is 8.07. The lowest BCUT2D eigenvalue weighted by Gasteiger charge is -2.55. The van der Waals surface area contributed by atoms with E-state index in [-0.39, 0.29) is 41.1 Å². The zero-order valence-electron chi connectivity index (χ0n) is 23.0. The number of rotatable bonds is 6. The number of carbonyl (C=O) groups is 1. The molecule has 6 unspecified atom stereocenters. The maximum Gasteiger partial charge on any atom is 0.246 e. The van der Waals surface area contributed by atoms with E-state index in [1.165, 1.54) is 24.5 Å². The van der Waals surface area contributed by atoms with Gasteiger partial charge in [-0.25, -0.2) is 4.39 Å². The third-order valence-corrected chi connectivity index (χ3v) is 11.3. The van der Waals surface area contributed by atoms with E-state index in [1.54, 1.807) is 12.1 Å². The summed E-state index contributed by atoms with van der Waals surface area (Å²) >= 11 is 1.88. The van der Waals surface area contributed by atoms with Crippen molar-refractivity contribution < 1.29 is 13.9 Å². The molecule has 8 nitrogen and oxygen atoms in total. The Morgan fingerprint density at radius 3 is 2.92 bits per heavy atom. The topological polar surface area (TPSA) is 86.1 Å². The van der Waals surface area contributed by atoms with Crippen molar-refractivity contribution >= 4 is 17.7 Å². The summed E-state index contributed by atoms with van der Waals surface area (Å²) in [6.07, 6.45) is 7.88. The monoisotopic (exact) mass is 558 g/mol. The van der Waals surface area contributed by atoms with Crippen LogP contribution in [0.5, 0.6) is 0 Å². The Morgan fingerprint density at radius 1 is 1.28 bits per heavy atom. The lowest BCUT2D eigenvalue weighted by molar-refractivity contribution is -0.135. The number of amides is 1. The Labute approximate surface area is 235 Å². The van der Waals surface area contributed by atoms with Crippen LogP contribution in [0.25, 0.3) is 0 Å². The normalized spacial score (nSPS) is 37.2. The Balaban J connectivity index is 1.20.